The maximum Gasteiger partial charge on any atom is 0.0999 e. The van der Waals surface area contributed by atoms with Crippen molar-refractivity contribution < 1.29 is 4.39 Å². The van der Waals surface area contributed by atoms with E-state index in [2.05, 4.69) is 6.07 Å². The van der Waals surface area contributed by atoms with Gasteiger partial charge >= 0.3 is 0 Å². The van der Waals surface area contributed by atoms with Crippen molar-refractivity contribution >= 4 is 0 Å². The second-order valence-corrected chi connectivity index (χ2v) is 2.92. The lowest BCUT2D eigenvalue weighted by atomic mass is 9.95. The van der Waals surface area contributed by atoms with Crippen LogP contribution >= 0.6 is 0 Å². The summed E-state index contributed by atoms with van der Waals surface area (Å²) in [6.45, 7) is 5.19. The number of nitriles is 1. The first kappa shape index (κ1) is 9.42. The molecule has 0 unspecified atom stereocenters. The fourth-order valence-electron chi connectivity index (χ4n) is 0.798. The van der Waals surface area contributed by atoms with Crippen LogP contribution in [0.3, 0.4) is 0 Å². The van der Waals surface area contributed by atoms with Crippen LogP contribution in [0.15, 0.2) is 0 Å². The number of alkyl halides is 1. The summed E-state index contributed by atoms with van der Waals surface area (Å²) in [7, 11) is 0. The minimum absolute atomic E-state index is 0.00894. The lowest BCUT2D eigenvalue weighted by Gasteiger charge is -2.12. The lowest BCUT2D eigenvalue weighted by Crippen LogP contribution is -2.11. The Hall–Kier alpha value is -0.580. The van der Waals surface area contributed by atoms with Crippen molar-refractivity contribution in [1.29, 1.82) is 5.26 Å². The van der Waals surface area contributed by atoms with E-state index in [1.807, 2.05) is 13.8 Å². The Kier molecular flexibility index (Phi) is 4.02. The molecule has 0 spiro atoms. The molecular formula is C8H14FN. The van der Waals surface area contributed by atoms with E-state index in [9.17, 15) is 4.39 Å². The van der Waals surface area contributed by atoms with Crippen molar-refractivity contribution in [2.24, 2.45) is 11.8 Å². The normalized spacial score (nSPS) is 19.1. The summed E-state index contributed by atoms with van der Waals surface area (Å²) in [5, 5.41) is 8.39. The Morgan fingerprint density at radius 1 is 1.40 bits per heavy atom. The zero-order valence-electron chi connectivity index (χ0n) is 6.76. The summed E-state index contributed by atoms with van der Waals surface area (Å²) >= 11 is 0. The van der Waals surface area contributed by atoms with Crippen LogP contribution < -0.4 is 0 Å². The molecule has 0 N–H and O–H groups in total. The van der Waals surface area contributed by atoms with Crippen LogP contribution in [0.25, 0.3) is 0 Å². The standard InChI is InChI=1S/C8H14FN/c1-6(5-10)4-7(2)8(3)9/h6-8H,4H2,1-3H3/t6-,7-,8+/m1/s1. The second-order valence-electron chi connectivity index (χ2n) is 2.92. The van der Waals surface area contributed by atoms with Gasteiger partial charge in [-0.15, -0.1) is 0 Å². The molecule has 0 radical (unpaired) electrons. The topological polar surface area (TPSA) is 23.8 Å². The maximum absolute atomic E-state index is 12.5. The van der Waals surface area contributed by atoms with E-state index in [0.29, 0.717) is 6.42 Å². The molecule has 0 aliphatic rings. The largest absolute Gasteiger partial charge is 0.248 e. The van der Waals surface area contributed by atoms with Gasteiger partial charge in [-0.1, -0.05) is 6.92 Å². The van der Waals surface area contributed by atoms with E-state index in [-0.39, 0.29) is 11.8 Å². The molecule has 0 saturated heterocycles. The summed E-state index contributed by atoms with van der Waals surface area (Å²) < 4.78 is 12.5. The zero-order chi connectivity index (χ0) is 8.15. The molecule has 0 saturated carbocycles. The van der Waals surface area contributed by atoms with Gasteiger partial charge in [-0.2, -0.15) is 5.26 Å². The van der Waals surface area contributed by atoms with Gasteiger partial charge in [0.25, 0.3) is 0 Å². The van der Waals surface area contributed by atoms with Crippen LogP contribution in [0.2, 0.25) is 0 Å². The van der Waals surface area contributed by atoms with Gasteiger partial charge in [0.2, 0.25) is 0 Å². The van der Waals surface area contributed by atoms with Gasteiger partial charge in [0.1, 0.15) is 0 Å². The molecule has 58 valence electrons. The Morgan fingerprint density at radius 3 is 2.20 bits per heavy atom. The molecule has 0 aromatic carbocycles. The fourth-order valence-corrected chi connectivity index (χ4v) is 0.798. The first-order valence-electron chi connectivity index (χ1n) is 3.61. The van der Waals surface area contributed by atoms with Gasteiger partial charge in [0, 0.05) is 5.92 Å². The lowest BCUT2D eigenvalue weighted by molar-refractivity contribution is 0.241. The third kappa shape index (κ3) is 3.45. The minimum atomic E-state index is -0.796. The third-order valence-corrected chi connectivity index (χ3v) is 1.73. The molecule has 10 heavy (non-hydrogen) atoms. The van der Waals surface area contributed by atoms with Crippen LogP contribution in [-0.2, 0) is 0 Å². The smallest absolute Gasteiger partial charge is 0.0999 e. The van der Waals surface area contributed by atoms with Crippen LogP contribution in [-0.4, -0.2) is 6.17 Å². The summed E-state index contributed by atoms with van der Waals surface area (Å²) in [5.41, 5.74) is 0. The van der Waals surface area contributed by atoms with Crippen LogP contribution in [0, 0.1) is 23.2 Å². The monoisotopic (exact) mass is 143 g/mol. The molecule has 0 aliphatic heterocycles. The van der Waals surface area contributed by atoms with Crippen molar-refractivity contribution in [3.8, 4) is 6.07 Å². The Morgan fingerprint density at radius 2 is 1.90 bits per heavy atom. The van der Waals surface area contributed by atoms with Crippen LogP contribution in [0.1, 0.15) is 27.2 Å². The number of nitrogens with zero attached hydrogens (tertiary/aromatic N) is 1. The van der Waals surface area contributed by atoms with E-state index >= 15 is 0 Å². The van der Waals surface area contributed by atoms with Crippen molar-refractivity contribution in [1.82, 2.24) is 0 Å². The zero-order valence-corrected chi connectivity index (χ0v) is 6.76. The molecule has 0 rings (SSSR count). The van der Waals surface area contributed by atoms with Gasteiger partial charge in [0.15, 0.2) is 0 Å². The highest BCUT2D eigenvalue weighted by molar-refractivity contribution is 4.80. The van der Waals surface area contributed by atoms with Crippen molar-refractivity contribution in [3.05, 3.63) is 0 Å². The molecule has 0 aromatic heterocycles. The minimum Gasteiger partial charge on any atom is -0.248 e. The van der Waals surface area contributed by atoms with Gasteiger partial charge in [0.05, 0.1) is 12.2 Å². The van der Waals surface area contributed by atoms with Crippen molar-refractivity contribution in [3.63, 3.8) is 0 Å². The number of hydrogen-bond acceptors (Lipinski definition) is 1. The Balaban J connectivity index is 3.59. The molecule has 0 amide bonds. The summed E-state index contributed by atoms with van der Waals surface area (Å²) in [4.78, 5) is 0. The highest BCUT2D eigenvalue weighted by atomic mass is 19.1. The SMILES string of the molecule is C[C@H](F)[C@H](C)C[C@@H](C)C#N. The van der Waals surface area contributed by atoms with E-state index in [1.54, 1.807) is 0 Å². The van der Waals surface area contributed by atoms with Crippen LogP contribution in [0.4, 0.5) is 4.39 Å². The average molecular weight is 143 g/mol. The molecule has 1 nitrogen and oxygen atoms in total. The van der Waals surface area contributed by atoms with Gasteiger partial charge in [-0.3, -0.25) is 0 Å². The highest BCUT2D eigenvalue weighted by Gasteiger charge is 2.13. The molecule has 0 fully saturated rings. The van der Waals surface area contributed by atoms with Crippen molar-refractivity contribution in [2.75, 3.05) is 0 Å². The average Bonchev–Trinajstić information content (AvgIpc) is 1.87. The van der Waals surface area contributed by atoms with E-state index in [0.717, 1.165) is 0 Å². The molecule has 0 heterocycles. The summed E-state index contributed by atoms with van der Waals surface area (Å²) in [6.07, 6.45) is -0.135. The maximum atomic E-state index is 12.5. The first-order chi connectivity index (χ1) is 4.57. The number of halogens is 1. The fraction of sp³-hybridized carbons (Fsp3) is 0.875. The highest BCUT2D eigenvalue weighted by Crippen LogP contribution is 2.16. The van der Waals surface area contributed by atoms with Crippen LogP contribution in [0.5, 0.6) is 0 Å². The molecule has 3 atom stereocenters. The Labute approximate surface area is 61.9 Å². The molecule has 0 aliphatic carbocycles. The van der Waals surface area contributed by atoms with E-state index in [1.165, 1.54) is 6.92 Å². The predicted molar refractivity (Wildman–Crippen MR) is 39.1 cm³/mol. The number of rotatable bonds is 3. The molecule has 0 bridgehead atoms. The third-order valence-electron chi connectivity index (χ3n) is 1.73. The van der Waals surface area contributed by atoms with Gasteiger partial charge in [-0.05, 0) is 26.2 Å². The predicted octanol–water partition coefficient (Wildman–Crippen LogP) is 2.53. The van der Waals surface area contributed by atoms with E-state index in [4.69, 9.17) is 5.26 Å². The first-order valence-corrected chi connectivity index (χ1v) is 3.61. The summed E-state index contributed by atoms with van der Waals surface area (Å²) in [5.74, 6) is -0.0113. The number of hydrogen-bond donors (Lipinski definition) is 0. The van der Waals surface area contributed by atoms with Gasteiger partial charge in [-0.25, -0.2) is 4.39 Å². The molecule has 0 aromatic rings. The van der Waals surface area contributed by atoms with Crippen molar-refractivity contribution in [2.45, 2.75) is 33.4 Å². The van der Waals surface area contributed by atoms with E-state index < -0.39 is 6.17 Å². The summed E-state index contributed by atoms with van der Waals surface area (Å²) in [6, 6.07) is 2.08. The molecule has 2 heteroatoms. The van der Waals surface area contributed by atoms with Gasteiger partial charge < -0.3 is 0 Å². The second kappa shape index (κ2) is 4.27. The quantitative estimate of drug-likeness (QED) is 0.595. The Bertz CT molecular complexity index is 126. The molecular weight excluding hydrogens is 129 g/mol.